The number of rotatable bonds is 4. The van der Waals surface area contributed by atoms with E-state index >= 15 is 0 Å². The molecule has 24 heavy (non-hydrogen) atoms. The highest BCUT2D eigenvalue weighted by Crippen LogP contribution is 2.24. The van der Waals surface area contributed by atoms with Crippen molar-refractivity contribution < 1.29 is 22.0 Å². The van der Waals surface area contributed by atoms with Gasteiger partial charge < -0.3 is 10.6 Å². The number of halogens is 2. The summed E-state index contributed by atoms with van der Waals surface area (Å²) in [5.41, 5.74) is -1.21. The molecule has 134 valence electrons. The Kier molecular flexibility index (Phi) is 5.26. The highest BCUT2D eigenvalue weighted by Gasteiger charge is 2.28. The SMILES string of the molecule is CC(C)(C)NS(=O)(=O)c1cc(NC(=O)C2CCCN2)c(F)cc1F. The van der Waals surface area contributed by atoms with Gasteiger partial charge in [0.25, 0.3) is 0 Å². The minimum atomic E-state index is -4.20. The predicted octanol–water partition coefficient (Wildman–Crippen LogP) is 1.73. The molecule has 1 unspecified atom stereocenters. The second-order valence-corrected chi connectivity index (χ2v) is 8.41. The van der Waals surface area contributed by atoms with Crippen LogP contribution in [0.15, 0.2) is 17.0 Å². The summed E-state index contributed by atoms with van der Waals surface area (Å²) in [5, 5.41) is 5.26. The number of anilines is 1. The van der Waals surface area contributed by atoms with E-state index in [0.717, 1.165) is 12.5 Å². The Morgan fingerprint density at radius 2 is 1.92 bits per heavy atom. The normalized spacial score (nSPS) is 18.6. The van der Waals surface area contributed by atoms with Gasteiger partial charge in [-0.15, -0.1) is 0 Å². The van der Waals surface area contributed by atoms with Crippen LogP contribution in [0.3, 0.4) is 0 Å². The lowest BCUT2D eigenvalue weighted by Crippen LogP contribution is -2.41. The van der Waals surface area contributed by atoms with Gasteiger partial charge in [-0.25, -0.2) is 21.9 Å². The molecule has 9 heteroatoms. The zero-order valence-electron chi connectivity index (χ0n) is 13.7. The fraction of sp³-hybridized carbons (Fsp3) is 0.533. The van der Waals surface area contributed by atoms with Gasteiger partial charge >= 0.3 is 0 Å². The molecule has 2 rings (SSSR count). The van der Waals surface area contributed by atoms with E-state index in [1.165, 1.54) is 0 Å². The number of amides is 1. The quantitative estimate of drug-likeness (QED) is 0.762. The zero-order chi connectivity index (χ0) is 18.1. The molecular weight excluding hydrogens is 340 g/mol. The van der Waals surface area contributed by atoms with Gasteiger partial charge in [-0.2, -0.15) is 0 Å². The summed E-state index contributed by atoms with van der Waals surface area (Å²) in [5.74, 6) is -2.74. The van der Waals surface area contributed by atoms with Gasteiger partial charge in [-0.05, 0) is 46.2 Å². The van der Waals surface area contributed by atoms with Crippen molar-refractivity contribution in [2.45, 2.75) is 50.1 Å². The van der Waals surface area contributed by atoms with Crippen molar-refractivity contribution >= 4 is 21.6 Å². The Labute approximate surface area is 140 Å². The fourth-order valence-electron chi connectivity index (χ4n) is 2.42. The smallest absolute Gasteiger partial charge is 0.244 e. The summed E-state index contributed by atoms with van der Waals surface area (Å²) in [6, 6.07) is 0.780. The Morgan fingerprint density at radius 1 is 1.25 bits per heavy atom. The first-order valence-electron chi connectivity index (χ1n) is 7.57. The molecule has 1 aliphatic rings. The number of hydrogen-bond donors (Lipinski definition) is 3. The lowest BCUT2D eigenvalue weighted by Gasteiger charge is -2.21. The molecule has 1 fully saturated rings. The van der Waals surface area contributed by atoms with Crippen LogP contribution in [-0.4, -0.2) is 32.5 Å². The molecule has 0 aromatic heterocycles. The first-order valence-corrected chi connectivity index (χ1v) is 9.05. The highest BCUT2D eigenvalue weighted by molar-refractivity contribution is 7.89. The molecule has 0 spiro atoms. The topological polar surface area (TPSA) is 87.3 Å². The third kappa shape index (κ3) is 4.49. The molecule has 1 atom stereocenters. The zero-order valence-corrected chi connectivity index (χ0v) is 14.6. The maximum absolute atomic E-state index is 14.0. The Bertz CT molecular complexity index is 739. The minimum Gasteiger partial charge on any atom is -0.322 e. The third-order valence-electron chi connectivity index (χ3n) is 3.39. The van der Waals surface area contributed by atoms with E-state index in [1.54, 1.807) is 20.8 Å². The van der Waals surface area contributed by atoms with Crippen molar-refractivity contribution in [1.29, 1.82) is 0 Å². The number of hydrogen-bond acceptors (Lipinski definition) is 4. The van der Waals surface area contributed by atoms with Gasteiger partial charge in [0.15, 0.2) is 0 Å². The van der Waals surface area contributed by atoms with E-state index in [0.29, 0.717) is 19.0 Å². The average Bonchev–Trinajstić information content (AvgIpc) is 2.92. The summed E-state index contributed by atoms with van der Waals surface area (Å²) in [6.07, 6.45) is 1.42. The van der Waals surface area contributed by atoms with Crippen LogP contribution in [-0.2, 0) is 14.8 Å². The second-order valence-electron chi connectivity index (χ2n) is 6.76. The van der Waals surface area contributed by atoms with Crippen LogP contribution in [0, 0.1) is 11.6 Å². The van der Waals surface area contributed by atoms with Crippen LogP contribution >= 0.6 is 0 Å². The first-order chi connectivity index (χ1) is 11.0. The minimum absolute atomic E-state index is 0.371. The van der Waals surface area contributed by atoms with Crippen molar-refractivity contribution in [2.75, 3.05) is 11.9 Å². The van der Waals surface area contributed by atoms with Crippen molar-refractivity contribution in [3.63, 3.8) is 0 Å². The third-order valence-corrected chi connectivity index (χ3v) is 5.16. The molecule has 1 amide bonds. The van der Waals surface area contributed by atoms with E-state index in [1.807, 2.05) is 0 Å². The van der Waals surface area contributed by atoms with Crippen molar-refractivity contribution in [3.05, 3.63) is 23.8 Å². The van der Waals surface area contributed by atoms with Gasteiger partial charge in [0.05, 0.1) is 11.7 Å². The molecule has 6 nitrogen and oxygen atoms in total. The lowest BCUT2D eigenvalue weighted by molar-refractivity contribution is -0.117. The van der Waals surface area contributed by atoms with E-state index < -0.39 is 44.0 Å². The molecule has 3 N–H and O–H groups in total. The Balaban J connectivity index is 2.32. The van der Waals surface area contributed by atoms with Gasteiger partial charge in [0, 0.05) is 11.6 Å². The lowest BCUT2D eigenvalue weighted by atomic mass is 10.1. The predicted molar refractivity (Wildman–Crippen MR) is 86.1 cm³/mol. The van der Waals surface area contributed by atoms with E-state index in [-0.39, 0.29) is 5.69 Å². The summed E-state index contributed by atoms with van der Waals surface area (Å²) in [4.78, 5) is 11.3. The van der Waals surface area contributed by atoms with Crippen LogP contribution in [0.1, 0.15) is 33.6 Å². The summed E-state index contributed by atoms with van der Waals surface area (Å²) >= 11 is 0. The van der Waals surface area contributed by atoms with Crippen LogP contribution in [0.5, 0.6) is 0 Å². The number of carbonyl (C=O) groups is 1. The largest absolute Gasteiger partial charge is 0.322 e. The molecule has 1 heterocycles. The maximum atomic E-state index is 14.0. The van der Waals surface area contributed by atoms with Crippen molar-refractivity contribution in [2.24, 2.45) is 0 Å². The molecular formula is C15H21F2N3O3S. The first kappa shape index (κ1) is 18.8. The molecule has 0 bridgehead atoms. The van der Waals surface area contributed by atoms with E-state index in [9.17, 15) is 22.0 Å². The van der Waals surface area contributed by atoms with Gasteiger partial charge in [0.1, 0.15) is 16.5 Å². The number of nitrogens with one attached hydrogen (secondary N) is 3. The number of benzene rings is 1. The van der Waals surface area contributed by atoms with E-state index in [4.69, 9.17) is 0 Å². The van der Waals surface area contributed by atoms with Crippen LogP contribution < -0.4 is 15.4 Å². The molecule has 1 aromatic rings. The second kappa shape index (κ2) is 6.73. The van der Waals surface area contributed by atoms with Crippen molar-refractivity contribution in [3.8, 4) is 0 Å². The molecule has 1 saturated heterocycles. The maximum Gasteiger partial charge on any atom is 0.244 e. The highest BCUT2D eigenvalue weighted by atomic mass is 32.2. The van der Waals surface area contributed by atoms with E-state index in [2.05, 4.69) is 15.4 Å². The van der Waals surface area contributed by atoms with Crippen LogP contribution in [0.2, 0.25) is 0 Å². The number of carbonyl (C=O) groups excluding carboxylic acids is 1. The van der Waals surface area contributed by atoms with Gasteiger partial charge in [-0.3, -0.25) is 4.79 Å². The Morgan fingerprint density at radius 3 is 2.46 bits per heavy atom. The Hall–Kier alpha value is -1.58. The standard InChI is InChI=1S/C15H21F2N3O3S/c1-15(2,3)20-24(22,23)13-8-12(9(16)7-10(13)17)19-14(21)11-5-4-6-18-11/h7-8,11,18,20H,4-6H2,1-3H3,(H,19,21). The fourth-order valence-corrected chi connectivity index (χ4v) is 3.92. The molecule has 0 radical (unpaired) electrons. The summed E-state index contributed by atoms with van der Waals surface area (Å²) in [7, 11) is -4.20. The van der Waals surface area contributed by atoms with Gasteiger partial charge in [-0.1, -0.05) is 0 Å². The molecule has 1 aromatic carbocycles. The molecule has 1 aliphatic heterocycles. The van der Waals surface area contributed by atoms with Crippen molar-refractivity contribution in [1.82, 2.24) is 10.0 Å². The average molecular weight is 361 g/mol. The summed E-state index contributed by atoms with van der Waals surface area (Å²) in [6.45, 7) is 5.47. The summed E-state index contributed by atoms with van der Waals surface area (Å²) < 4.78 is 54.7. The number of sulfonamides is 1. The van der Waals surface area contributed by atoms with Crippen LogP contribution in [0.25, 0.3) is 0 Å². The van der Waals surface area contributed by atoms with Gasteiger partial charge in [0.2, 0.25) is 15.9 Å². The molecule has 0 saturated carbocycles. The molecule has 0 aliphatic carbocycles. The van der Waals surface area contributed by atoms with Crippen LogP contribution in [0.4, 0.5) is 14.5 Å². The monoisotopic (exact) mass is 361 g/mol.